The summed E-state index contributed by atoms with van der Waals surface area (Å²) in [6.07, 6.45) is 4.42. The van der Waals surface area contributed by atoms with Crippen LogP contribution >= 0.6 is 24.1 Å². The lowest BCUT2D eigenvalue weighted by Crippen LogP contribution is -1.92. The summed E-state index contributed by atoms with van der Waals surface area (Å²) in [6, 6.07) is 11.2. The molecule has 2 aromatic rings. The Morgan fingerprint density at radius 2 is 1.32 bits per heavy atom. The standard InChI is InChI=1S/C13H14N2O2S2/c1-3-8-14-12(6-1)16-18-10-5-11-19-17-13-7-2-4-9-15-13/h1-4,6-9H,5,10-11H2. The Labute approximate surface area is 121 Å². The van der Waals surface area contributed by atoms with Crippen molar-refractivity contribution in [2.75, 3.05) is 11.5 Å². The molecule has 0 saturated carbocycles. The van der Waals surface area contributed by atoms with Gasteiger partial charge in [0.2, 0.25) is 11.8 Å². The molecule has 0 bridgehead atoms. The van der Waals surface area contributed by atoms with Crippen LogP contribution in [-0.2, 0) is 0 Å². The molecule has 0 amide bonds. The van der Waals surface area contributed by atoms with Crippen LogP contribution in [0, 0.1) is 0 Å². The fraction of sp³-hybridized carbons (Fsp3) is 0.231. The molecular weight excluding hydrogens is 280 g/mol. The maximum absolute atomic E-state index is 5.41. The van der Waals surface area contributed by atoms with E-state index >= 15 is 0 Å². The summed E-state index contributed by atoms with van der Waals surface area (Å²) in [5.74, 6) is 3.08. The molecule has 4 nitrogen and oxygen atoms in total. The van der Waals surface area contributed by atoms with Gasteiger partial charge in [0.1, 0.15) is 0 Å². The van der Waals surface area contributed by atoms with Gasteiger partial charge in [-0.1, -0.05) is 12.1 Å². The Morgan fingerprint density at radius 1 is 0.789 bits per heavy atom. The van der Waals surface area contributed by atoms with Gasteiger partial charge in [0, 0.05) is 36.0 Å². The first-order valence-electron chi connectivity index (χ1n) is 5.86. The van der Waals surface area contributed by atoms with Gasteiger partial charge in [-0.3, -0.25) is 0 Å². The monoisotopic (exact) mass is 294 g/mol. The maximum atomic E-state index is 5.41. The molecule has 0 aliphatic rings. The van der Waals surface area contributed by atoms with Crippen molar-refractivity contribution in [3.8, 4) is 11.8 Å². The summed E-state index contributed by atoms with van der Waals surface area (Å²) < 4.78 is 10.8. The molecule has 0 saturated heterocycles. The van der Waals surface area contributed by atoms with Crippen LogP contribution in [0.2, 0.25) is 0 Å². The zero-order chi connectivity index (χ0) is 13.2. The van der Waals surface area contributed by atoms with E-state index in [0.29, 0.717) is 11.8 Å². The highest BCUT2D eigenvalue weighted by molar-refractivity contribution is 7.95. The van der Waals surface area contributed by atoms with Crippen LogP contribution < -0.4 is 8.37 Å². The van der Waals surface area contributed by atoms with E-state index in [1.807, 2.05) is 36.4 Å². The molecule has 0 unspecified atom stereocenters. The van der Waals surface area contributed by atoms with Gasteiger partial charge in [-0.2, -0.15) is 0 Å². The number of hydrogen-bond acceptors (Lipinski definition) is 6. The van der Waals surface area contributed by atoms with E-state index in [-0.39, 0.29) is 0 Å². The molecule has 0 aliphatic carbocycles. The van der Waals surface area contributed by atoms with Gasteiger partial charge in [0.25, 0.3) is 0 Å². The van der Waals surface area contributed by atoms with E-state index in [4.69, 9.17) is 8.37 Å². The topological polar surface area (TPSA) is 44.2 Å². The van der Waals surface area contributed by atoms with Crippen molar-refractivity contribution in [2.45, 2.75) is 6.42 Å². The molecule has 0 atom stereocenters. The first-order valence-corrected chi connectivity index (χ1v) is 7.68. The van der Waals surface area contributed by atoms with Crippen LogP contribution in [0.25, 0.3) is 0 Å². The zero-order valence-electron chi connectivity index (χ0n) is 10.3. The maximum Gasteiger partial charge on any atom is 0.227 e. The Kier molecular flexibility index (Phi) is 6.39. The fourth-order valence-electron chi connectivity index (χ4n) is 1.17. The first kappa shape index (κ1) is 14.0. The van der Waals surface area contributed by atoms with Gasteiger partial charge in [0.15, 0.2) is 0 Å². The molecule has 0 fully saturated rings. The molecular formula is C13H14N2O2S2. The summed E-state index contributed by atoms with van der Waals surface area (Å²) in [6.45, 7) is 0. The second-order valence-electron chi connectivity index (χ2n) is 3.50. The summed E-state index contributed by atoms with van der Waals surface area (Å²) in [5.41, 5.74) is 0. The van der Waals surface area contributed by atoms with Crippen molar-refractivity contribution < 1.29 is 8.37 Å². The number of pyridine rings is 2. The number of nitrogens with zero attached hydrogens (tertiary/aromatic N) is 2. The molecule has 6 heteroatoms. The molecule has 2 aromatic heterocycles. The Hall–Kier alpha value is -1.40. The van der Waals surface area contributed by atoms with E-state index in [9.17, 15) is 0 Å². The van der Waals surface area contributed by atoms with E-state index in [2.05, 4.69) is 9.97 Å². The lowest BCUT2D eigenvalue weighted by molar-refractivity contribution is 0.611. The van der Waals surface area contributed by atoms with Crippen molar-refractivity contribution in [3.63, 3.8) is 0 Å². The van der Waals surface area contributed by atoms with E-state index in [1.54, 1.807) is 12.4 Å². The summed E-state index contributed by atoms with van der Waals surface area (Å²) >= 11 is 2.81. The average molecular weight is 294 g/mol. The van der Waals surface area contributed by atoms with Crippen LogP contribution in [0.15, 0.2) is 48.8 Å². The van der Waals surface area contributed by atoms with Gasteiger partial charge >= 0.3 is 0 Å². The van der Waals surface area contributed by atoms with Crippen LogP contribution in [0.4, 0.5) is 0 Å². The van der Waals surface area contributed by atoms with Crippen LogP contribution in [0.1, 0.15) is 6.42 Å². The van der Waals surface area contributed by atoms with Crippen LogP contribution in [0.5, 0.6) is 11.8 Å². The van der Waals surface area contributed by atoms with Gasteiger partial charge in [-0.25, -0.2) is 9.97 Å². The minimum absolute atomic E-state index is 0.643. The van der Waals surface area contributed by atoms with Gasteiger partial charge in [0.05, 0.1) is 24.1 Å². The van der Waals surface area contributed by atoms with Crippen LogP contribution in [-0.4, -0.2) is 21.5 Å². The second kappa shape index (κ2) is 8.66. The largest absolute Gasteiger partial charge is 0.406 e. The van der Waals surface area contributed by atoms with Crippen molar-refractivity contribution in [1.29, 1.82) is 0 Å². The van der Waals surface area contributed by atoms with Crippen molar-refractivity contribution in [1.82, 2.24) is 9.97 Å². The van der Waals surface area contributed by atoms with Gasteiger partial charge in [-0.05, 0) is 18.6 Å². The highest BCUT2D eigenvalue weighted by Gasteiger charge is 1.97. The first-order chi connectivity index (χ1) is 9.45. The van der Waals surface area contributed by atoms with Gasteiger partial charge < -0.3 is 8.37 Å². The molecule has 0 aromatic carbocycles. The molecule has 19 heavy (non-hydrogen) atoms. The summed E-state index contributed by atoms with van der Waals surface area (Å²) in [7, 11) is 0. The zero-order valence-corrected chi connectivity index (χ0v) is 11.9. The molecule has 0 radical (unpaired) electrons. The SMILES string of the molecule is c1ccc(OSCCCSOc2ccccn2)nc1. The third kappa shape index (κ3) is 5.85. The van der Waals surface area contributed by atoms with Gasteiger partial charge in [-0.15, -0.1) is 0 Å². The third-order valence-electron chi connectivity index (χ3n) is 2.02. The lowest BCUT2D eigenvalue weighted by Gasteiger charge is -2.03. The number of hydrogen-bond donors (Lipinski definition) is 0. The summed E-state index contributed by atoms with van der Waals surface area (Å²) in [4.78, 5) is 8.14. The Balaban J connectivity index is 1.49. The predicted molar refractivity (Wildman–Crippen MR) is 79.3 cm³/mol. The second-order valence-corrected chi connectivity index (χ2v) is 5.12. The Morgan fingerprint density at radius 3 is 1.74 bits per heavy atom. The molecule has 0 N–H and O–H groups in total. The summed E-state index contributed by atoms with van der Waals surface area (Å²) in [5, 5.41) is 0. The number of rotatable bonds is 8. The Bertz CT molecular complexity index is 413. The smallest absolute Gasteiger partial charge is 0.227 e. The third-order valence-corrected chi connectivity index (χ3v) is 3.51. The van der Waals surface area contributed by atoms with Crippen LogP contribution in [0.3, 0.4) is 0 Å². The van der Waals surface area contributed by atoms with E-state index in [0.717, 1.165) is 17.9 Å². The van der Waals surface area contributed by atoms with E-state index < -0.39 is 0 Å². The van der Waals surface area contributed by atoms with Crippen molar-refractivity contribution in [3.05, 3.63) is 48.8 Å². The van der Waals surface area contributed by atoms with Crippen molar-refractivity contribution >= 4 is 24.1 Å². The molecule has 0 aliphatic heterocycles. The minimum Gasteiger partial charge on any atom is -0.406 e. The highest BCUT2D eigenvalue weighted by atomic mass is 32.2. The minimum atomic E-state index is 0.643. The quantitative estimate of drug-likeness (QED) is 0.547. The number of aromatic nitrogens is 2. The van der Waals surface area contributed by atoms with Crippen molar-refractivity contribution in [2.24, 2.45) is 0 Å². The van der Waals surface area contributed by atoms with E-state index in [1.165, 1.54) is 24.1 Å². The lowest BCUT2D eigenvalue weighted by atomic mass is 10.5. The predicted octanol–water partition coefficient (Wildman–Crippen LogP) is 3.62. The fourth-order valence-corrected chi connectivity index (χ4v) is 2.49. The molecule has 2 heterocycles. The highest BCUT2D eigenvalue weighted by Crippen LogP contribution is 2.16. The molecule has 0 spiro atoms. The molecule has 2 rings (SSSR count). The molecule has 100 valence electrons. The average Bonchev–Trinajstić information content (AvgIpc) is 2.48. The normalized spacial score (nSPS) is 10.1.